The highest BCUT2D eigenvalue weighted by molar-refractivity contribution is 5.93. The number of carbonyl (C=O) groups is 4. The van der Waals surface area contributed by atoms with Gasteiger partial charge in [-0.2, -0.15) is 0 Å². The molecule has 0 aliphatic carbocycles. The number of hydrogen-bond donors (Lipinski definition) is 5. The molecule has 0 fully saturated rings. The van der Waals surface area contributed by atoms with Gasteiger partial charge in [-0.25, -0.2) is 4.79 Å². The monoisotopic (exact) mass is 336 g/mol. The number of carboxylic acid groups (broad SMARTS) is 1. The van der Waals surface area contributed by atoms with E-state index in [1.165, 1.54) is 0 Å². The number of primary amides is 1. The number of amides is 3. The number of carboxylic acids is 1. The summed E-state index contributed by atoms with van der Waals surface area (Å²) < 4.78 is 0. The van der Waals surface area contributed by atoms with E-state index in [2.05, 4.69) is 10.6 Å². The zero-order chi connectivity index (χ0) is 18.1. The lowest BCUT2D eigenvalue weighted by Gasteiger charge is -2.20. The Hall–Kier alpha value is -2.94. The SMILES string of the molecule is NCC(=O)NC(CC(N)=O)C(=O)NC(Cc1ccccc1)C(=O)O. The van der Waals surface area contributed by atoms with Crippen LogP contribution in [0.2, 0.25) is 0 Å². The summed E-state index contributed by atoms with van der Waals surface area (Å²) in [5.41, 5.74) is 10.9. The van der Waals surface area contributed by atoms with Gasteiger partial charge in [0.2, 0.25) is 17.7 Å². The molecule has 3 amide bonds. The van der Waals surface area contributed by atoms with Gasteiger partial charge in [-0.3, -0.25) is 14.4 Å². The Kier molecular flexibility index (Phi) is 7.37. The van der Waals surface area contributed by atoms with E-state index in [0.29, 0.717) is 5.56 Å². The molecule has 0 spiro atoms. The number of aliphatic carboxylic acids is 1. The fourth-order valence-electron chi connectivity index (χ4n) is 1.99. The van der Waals surface area contributed by atoms with Crippen molar-refractivity contribution < 1.29 is 24.3 Å². The van der Waals surface area contributed by atoms with Crippen LogP contribution in [-0.4, -0.2) is 47.4 Å². The highest BCUT2D eigenvalue weighted by Crippen LogP contribution is 2.04. The van der Waals surface area contributed by atoms with Crippen LogP contribution < -0.4 is 22.1 Å². The summed E-state index contributed by atoms with van der Waals surface area (Å²) in [6.45, 7) is -0.380. The van der Waals surface area contributed by atoms with Crippen LogP contribution in [-0.2, 0) is 25.6 Å². The van der Waals surface area contributed by atoms with Gasteiger partial charge in [0.15, 0.2) is 0 Å². The van der Waals surface area contributed by atoms with Gasteiger partial charge in [0.25, 0.3) is 0 Å². The molecule has 1 rings (SSSR count). The van der Waals surface area contributed by atoms with Gasteiger partial charge >= 0.3 is 5.97 Å². The molecule has 2 atom stereocenters. The number of nitrogens with two attached hydrogens (primary N) is 2. The fraction of sp³-hybridized carbons (Fsp3) is 0.333. The Morgan fingerprint density at radius 3 is 2.17 bits per heavy atom. The molecule has 2 unspecified atom stereocenters. The largest absolute Gasteiger partial charge is 0.480 e. The second kappa shape index (κ2) is 9.26. The van der Waals surface area contributed by atoms with Gasteiger partial charge in [0.1, 0.15) is 12.1 Å². The third kappa shape index (κ3) is 6.44. The summed E-state index contributed by atoms with van der Waals surface area (Å²) in [4.78, 5) is 45.9. The molecule has 9 nitrogen and oxygen atoms in total. The van der Waals surface area contributed by atoms with Crippen molar-refractivity contribution in [2.24, 2.45) is 11.5 Å². The van der Waals surface area contributed by atoms with Crippen molar-refractivity contribution in [1.82, 2.24) is 10.6 Å². The van der Waals surface area contributed by atoms with Crippen molar-refractivity contribution in [2.75, 3.05) is 6.54 Å². The van der Waals surface area contributed by atoms with E-state index in [4.69, 9.17) is 11.5 Å². The Labute approximate surface area is 138 Å². The molecule has 0 heterocycles. The molecule has 0 radical (unpaired) electrons. The molecule has 0 aliphatic heterocycles. The maximum atomic E-state index is 12.2. The minimum absolute atomic E-state index is 0.0516. The van der Waals surface area contributed by atoms with E-state index in [1.807, 2.05) is 0 Å². The van der Waals surface area contributed by atoms with Gasteiger partial charge in [0.05, 0.1) is 13.0 Å². The lowest BCUT2D eigenvalue weighted by Crippen LogP contribution is -2.54. The van der Waals surface area contributed by atoms with Crippen molar-refractivity contribution in [3.63, 3.8) is 0 Å². The molecular weight excluding hydrogens is 316 g/mol. The van der Waals surface area contributed by atoms with Crippen LogP contribution >= 0.6 is 0 Å². The van der Waals surface area contributed by atoms with Crippen molar-refractivity contribution in [2.45, 2.75) is 24.9 Å². The van der Waals surface area contributed by atoms with Crippen molar-refractivity contribution in [3.8, 4) is 0 Å². The summed E-state index contributed by atoms with van der Waals surface area (Å²) in [6, 6.07) is 6.21. The molecule has 0 aliphatic rings. The zero-order valence-corrected chi connectivity index (χ0v) is 12.9. The number of nitrogens with one attached hydrogen (secondary N) is 2. The second-order valence-corrected chi connectivity index (χ2v) is 5.08. The average molecular weight is 336 g/mol. The van der Waals surface area contributed by atoms with E-state index in [1.54, 1.807) is 30.3 Å². The summed E-state index contributed by atoms with van der Waals surface area (Å²) in [6.07, 6.45) is -0.411. The first-order valence-electron chi connectivity index (χ1n) is 7.18. The summed E-state index contributed by atoms with van der Waals surface area (Å²) in [7, 11) is 0. The molecule has 0 aromatic heterocycles. The van der Waals surface area contributed by atoms with Gasteiger partial charge < -0.3 is 27.2 Å². The van der Waals surface area contributed by atoms with Crippen molar-refractivity contribution in [1.29, 1.82) is 0 Å². The summed E-state index contributed by atoms with van der Waals surface area (Å²) >= 11 is 0. The minimum atomic E-state index is -1.28. The quantitative estimate of drug-likeness (QED) is 0.354. The Morgan fingerprint density at radius 1 is 1.04 bits per heavy atom. The van der Waals surface area contributed by atoms with Crippen molar-refractivity contribution in [3.05, 3.63) is 35.9 Å². The lowest BCUT2D eigenvalue weighted by atomic mass is 10.1. The third-order valence-electron chi connectivity index (χ3n) is 3.14. The van der Waals surface area contributed by atoms with E-state index < -0.39 is 42.2 Å². The molecule has 1 aromatic rings. The number of benzene rings is 1. The highest BCUT2D eigenvalue weighted by Gasteiger charge is 2.27. The van der Waals surface area contributed by atoms with Crippen LogP contribution in [0.25, 0.3) is 0 Å². The van der Waals surface area contributed by atoms with Crippen LogP contribution in [0.15, 0.2) is 30.3 Å². The van der Waals surface area contributed by atoms with Crippen LogP contribution in [0.5, 0.6) is 0 Å². The first kappa shape index (κ1) is 19.1. The molecule has 130 valence electrons. The molecule has 24 heavy (non-hydrogen) atoms. The maximum absolute atomic E-state index is 12.2. The van der Waals surface area contributed by atoms with Crippen LogP contribution in [0, 0.1) is 0 Å². The number of rotatable bonds is 9. The summed E-state index contributed by atoms with van der Waals surface area (Å²) in [5, 5.41) is 13.8. The van der Waals surface area contributed by atoms with Gasteiger partial charge in [0, 0.05) is 6.42 Å². The Morgan fingerprint density at radius 2 is 1.67 bits per heavy atom. The number of carbonyl (C=O) groups excluding carboxylic acids is 3. The predicted octanol–water partition coefficient (Wildman–Crippen LogP) is -1.88. The maximum Gasteiger partial charge on any atom is 0.326 e. The van der Waals surface area contributed by atoms with Gasteiger partial charge in [-0.15, -0.1) is 0 Å². The Balaban J connectivity index is 2.81. The van der Waals surface area contributed by atoms with Crippen LogP contribution in [0.4, 0.5) is 0 Å². The van der Waals surface area contributed by atoms with E-state index in [0.717, 1.165) is 0 Å². The van der Waals surface area contributed by atoms with Crippen molar-refractivity contribution >= 4 is 23.7 Å². The molecule has 0 saturated carbocycles. The highest BCUT2D eigenvalue weighted by atomic mass is 16.4. The topological polar surface area (TPSA) is 165 Å². The molecule has 7 N–H and O–H groups in total. The van der Waals surface area contributed by atoms with Crippen LogP contribution in [0.3, 0.4) is 0 Å². The molecule has 9 heteroatoms. The Bertz CT molecular complexity index is 605. The lowest BCUT2D eigenvalue weighted by molar-refractivity contribution is -0.142. The average Bonchev–Trinajstić information content (AvgIpc) is 2.53. The minimum Gasteiger partial charge on any atom is -0.480 e. The first-order valence-corrected chi connectivity index (χ1v) is 7.18. The van der Waals surface area contributed by atoms with E-state index in [9.17, 15) is 24.3 Å². The first-order chi connectivity index (χ1) is 11.3. The standard InChI is InChI=1S/C15H20N4O5/c16-8-13(21)18-10(7-12(17)20)14(22)19-11(15(23)24)6-9-4-2-1-3-5-9/h1-5,10-11H,6-8,16H2,(H2,17,20)(H,18,21)(H,19,22)(H,23,24). The normalized spacial score (nSPS) is 12.7. The number of hydrogen-bond acceptors (Lipinski definition) is 5. The smallest absolute Gasteiger partial charge is 0.326 e. The summed E-state index contributed by atoms with van der Waals surface area (Å²) in [5.74, 6) is -3.54. The predicted molar refractivity (Wildman–Crippen MR) is 84.5 cm³/mol. The van der Waals surface area contributed by atoms with Gasteiger partial charge in [-0.05, 0) is 5.56 Å². The molecule has 0 saturated heterocycles. The second-order valence-electron chi connectivity index (χ2n) is 5.08. The molecular formula is C15H20N4O5. The van der Waals surface area contributed by atoms with Gasteiger partial charge in [-0.1, -0.05) is 30.3 Å². The van der Waals surface area contributed by atoms with E-state index in [-0.39, 0.29) is 13.0 Å². The molecule has 0 bridgehead atoms. The fourth-order valence-corrected chi connectivity index (χ4v) is 1.99. The molecule has 1 aromatic carbocycles. The third-order valence-corrected chi connectivity index (χ3v) is 3.14. The van der Waals surface area contributed by atoms with Crippen LogP contribution in [0.1, 0.15) is 12.0 Å². The van der Waals surface area contributed by atoms with E-state index >= 15 is 0 Å². The zero-order valence-electron chi connectivity index (χ0n) is 12.9.